The predicted molar refractivity (Wildman–Crippen MR) is 119 cm³/mol. The van der Waals surface area contributed by atoms with E-state index in [1.165, 1.54) is 0 Å². The van der Waals surface area contributed by atoms with Gasteiger partial charge in [-0.2, -0.15) is 4.98 Å². The number of aryl methyl sites for hydroxylation is 1. The van der Waals surface area contributed by atoms with Gasteiger partial charge in [-0.3, -0.25) is 4.79 Å². The molecule has 1 unspecified atom stereocenters. The Bertz CT molecular complexity index is 1200. The fourth-order valence-corrected chi connectivity index (χ4v) is 3.36. The zero-order chi connectivity index (χ0) is 22.5. The molecule has 166 valence electrons. The van der Waals surface area contributed by atoms with Gasteiger partial charge in [0.15, 0.2) is 11.3 Å². The third kappa shape index (κ3) is 4.74. The van der Waals surface area contributed by atoms with Crippen molar-refractivity contribution >= 4 is 16.9 Å². The molecule has 8 nitrogen and oxygen atoms in total. The van der Waals surface area contributed by atoms with Gasteiger partial charge in [-0.05, 0) is 50.2 Å². The number of nitrogens with zero attached hydrogens (tertiary/aromatic N) is 2. The number of benzene rings is 2. The zero-order valence-corrected chi connectivity index (χ0v) is 18.3. The first-order valence-corrected chi connectivity index (χ1v) is 10.5. The smallest absolute Gasteiger partial charge is 0.227 e. The summed E-state index contributed by atoms with van der Waals surface area (Å²) in [5, 5.41) is 7.88. The number of para-hydroxylation sites is 1. The van der Waals surface area contributed by atoms with Gasteiger partial charge in [0.25, 0.3) is 0 Å². The van der Waals surface area contributed by atoms with E-state index in [1.54, 1.807) is 7.11 Å². The van der Waals surface area contributed by atoms with Crippen molar-refractivity contribution in [3.8, 4) is 22.9 Å². The van der Waals surface area contributed by atoms with E-state index in [1.807, 2.05) is 62.4 Å². The third-order valence-corrected chi connectivity index (χ3v) is 5.01. The molecule has 1 amide bonds. The first-order valence-electron chi connectivity index (χ1n) is 10.5. The van der Waals surface area contributed by atoms with Crippen molar-refractivity contribution in [2.45, 2.75) is 32.7 Å². The highest BCUT2D eigenvalue weighted by Crippen LogP contribution is 2.31. The van der Waals surface area contributed by atoms with Crippen LogP contribution >= 0.6 is 0 Å². The van der Waals surface area contributed by atoms with Crippen LogP contribution in [0.5, 0.6) is 11.5 Å². The summed E-state index contributed by atoms with van der Waals surface area (Å²) in [6.07, 6.45) is 0.565. The van der Waals surface area contributed by atoms with Gasteiger partial charge in [0.2, 0.25) is 17.6 Å². The molecule has 1 N–H and O–H groups in total. The first-order chi connectivity index (χ1) is 15.6. The van der Waals surface area contributed by atoms with Gasteiger partial charge >= 0.3 is 0 Å². The van der Waals surface area contributed by atoms with E-state index in [2.05, 4.69) is 15.5 Å². The van der Waals surface area contributed by atoms with E-state index in [-0.39, 0.29) is 18.4 Å². The van der Waals surface area contributed by atoms with Gasteiger partial charge in [0.1, 0.15) is 11.5 Å². The van der Waals surface area contributed by atoms with Crippen LogP contribution < -0.4 is 14.8 Å². The molecule has 8 heteroatoms. The lowest BCUT2D eigenvalue weighted by Crippen LogP contribution is -2.26. The minimum Gasteiger partial charge on any atom is -0.497 e. The number of ether oxygens (including phenoxy) is 2. The van der Waals surface area contributed by atoms with Gasteiger partial charge in [-0.25, -0.2) is 0 Å². The van der Waals surface area contributed by atoms with Gasteiger partial charge in [0, 0.05) is 23.8 Å². The Morgan fingerprint density at radius 2 is 2.00 bits per heavy atom. The minimum atomic E-state index is -0.290. The maximum Gasteiger partial charge on any atom is 0.227 e. The van der Waals surface area contributed by atoms with E-state index in [4.69, 9.17) is 18.4 Å². The van der Waals surface area contributed by atoms with E-state index < -0.39 is 0 Å². The third-order valence-electron chi connectivity index (χ3n) is 5.01. The van der Waals surface area contributed by atoms with Gasteiger partial charge < -0.3 is 23.7 Å². The lowest BCUT2D eigenvalue weighted by atomic mass is 10.2. The summed E-state index contributed by atoms with van der Waals surface area (Å²) in [6, 6.07) is 14.7. The molecule has 4 aromatic rings. The molecular weight excluding hydrogens is 410 g/mol. The molecule has 1 atom stereocenters. The number of carbonyl (C=O) groups excluding carboxylic acids is 1. The molecule has 0 aliphatic rings. The maximum absolute atomic E-state index is 12.5. The summed E-state index contributed by atoms with van der Waals surface area (Å²) in [5.74, 6) is 2.86. The van der Waals surface area contributed by atoms with Crippen molar-refractivity contribution in [3.63, 3.8) is 0 Å². The molecule has 0 spiro atoms. The minimum absolute atomic E-state index is 0.132. The number of aromatic nitrogens is 2. The number of furan rings is 1. The Balaban J connectivity index is 1.34. The summed E-state index contributed by atoms with van der Waals surface area (Å²) >= 11 is 0. The molecular formula is C24H25N3O5. The second-order valence-electron chi connectivity index (χ2n) is 7.29. The molecule has 2 heterocycles. The Hall–Kier alpha value is -3.81. The van der Waals surface area contributed by atoms with Crippen LogP contribution in [-0.4, -0.2) is 29.8 Å². The number of fused-ring (bicyclic) bond motifs is 1. The van der Waals surface area contributed by atoms with Crippen LogP contribution in [0.2, 0.25) is 0 Å². The Kier molecular flexibility index (Phi) is 6.39. The van der Waals surface area contributed by atoms with Crippen LogP contribution in [0.3, 0.4) is 0 Å². The van der Waals surface area contributed by atoms with Crippen molar-refractivity contribution in [2.24, 2.45) is 0 Å². The van der Waals surface area contributed by atoms with Crippen LogP contribution in [0, 0.1) is 0 Å². The quantitative estimate of drug-likeness (QED) is 0.407. The molecule has 0 fully saturated rings. The lowest BCUT2D eigenvalue weighted by molar-refractivity contribution is -0.121. The molecule has 0 saturated heterocycles. The molecule has 32 heavy (non-hydrogen) atoms. The topological polar surface area (TPSA) is 99.6 Å². The summed E-state index contributed by atoms with van der Waals surface area (Å²) in [4.78, 5) is 16.8. The fourth-order valence-electron chi connectivity index (χ4n) is 3.36. The van der Waals surface area contributed by atoms with Gasteiger partial charge in [-0.1, -0.05) is 17.3 Å². The van der Waals surface area contributed by atoms with Crippen molar-refractivity contribution in [1.82, 2.24) is 15.5 Å². The molecule has 2 aromatic heterocycles. The summed E-state index contributed by atoms with van der Waals surface area (Å²) in [6.45, 7) is 4.36. The second-order valence-corrected chi connectivity index (χ2v) is 7.29. The number of carbonyl (C=O) groups is 1. The monoisotopic (exact) mass is 435 g/mol. The Morgan fingerprint density at radius 1 is 1.19 bits per heavy atom. The number of methoxy groups -OCH3 is 1. The van der Waals surface area contributed by atoms with Crippen molar-refractivity contribution in [2.75, 3.05) is 13.7 Å². The molecule has 0 bridgehead atoms. The van der Waals surface area contributed by atoms with Crippen molar-refractivity contribution in [1.29, 1.82) is 0 Å². The molecule has 0 saturated carbocycles. The second kappa shape index (κ2) is 9.55. The summed E-state index contributed by atoms with van der Waals surface area (Å²) in [5.41, 5.74) is 1.50. The highest BCUT2D eigenvalue weighted by Gasteiger charge is 2.17. The van der Waals surface area contributed by atoms with Gasteiger partial charge in [0.05, 0.1) is 19.8 Å². The normalized spacial score (nSPS) is 12.0. The number of nitrogens with one attached hydrogen (secondary N) is 1. The first kappa shape index (κ1) is 21.4. The highest BCUT2D eigenvalue weighted by molar-refractivity contribution is 5.84. The summed E-state index contributed by atoms with van der Waals surface area (Å²) in [7, 11) is 1.61. The van der Waals surface area contributed by atoms with E-state index in [0.717, 1.165) is 16.7 Å². The van der Waals surface area contributed by atoms with Gasteiger partial charge in [-0.15, -0.1) is 0 Å². The highest BCUT2D eigenvalue weighted by atomic mass is 16.5. The fraction of sp³-hybridized carbons (Fsp3) is 0.292. The van der Waals surface area contributed by atoms with Crippen LogP contribution in [0.4, 0.5) is 0 Å². The molecule has 0 aliphatic carbocycles. The molecule has 0 radical (unpaired) electrons. The Morgan fingerprint density at radius 3 is 2.75 bits per heavy atom. The van der Waals surface area contributed by atoms with Crippen molar-refractivity contribution < 1.29 is 23.2 Å². The average Bonchev–Trinajstić information content (AvgIpc) is 3.46. The number of amides is 1. The average molecular weight is 435 g/mol. The standard InChI is InChI=1S/C24H25N3O5/c1-4-30-19-7-5-6-17-14-20(31-23(17)19)15(2)25-21(28)12-13-22-26-24(27-32-22)16-8-10-18(29-3)11-9-16/h5-11,14-15H,4,12-13H2,1-3H3,(H,25,28). The number of rotatable bonds is 9. The van der Waals surface area contributed by atoms with Crippen LogP contribution in [-0.2, 0) is 11.2 Å². The zero-order valence-electron chi connectivity index (χ0n) is 18.3. The van der Waals surface area contributed by atoms with Crippen LogP contribution in [0.25, 0.3) is 22.4 Å². The number of hydrogen-bond acceptors (Lipinski definition) is 7. The van der Waals surface area contributed by atoms with Crippen LogP contribution in [0.1, 0.15) is 38.0 Å². The number of hydrogen-bond donors (Lipinski definition) is 1. The lowest BCUT2D eigenvalue weighted by Gasteiger charge is -2.10. The molecule has 4 rings (SSSR count). The van der Waals surface area contributed by atoms with E-state index >= 15 is 0 Å². The van der Waals surface area contributed by atoms with Crippen LogP contribution in [0.15, 0.2) is 57.5 Å². The summed E-state index contributed by atoms with van der Waals surface area (Å²) < 4.78 is 22.0. The predicted octanol–water partition coefficient (Wildman–Crippen LogP) is 4.70. The SMILES string of the molecule is CCOc1cccc2cc(C(C)NC(=O)CCc3nc(-c4ccc(OC)cc4)no3)oc12. The maximum atomic E-state index is 12.5. The Labute approximate surface area is 185 Å². The van der Waals surface area contributed by atoms with E-state index in [0.29, 0.717) is 41.8 Å². The molecule has 2 aromatic carbocycles. The molecule has 0 aliphatic heterocycles. The van der Waals surface area contributed by atoms with Crippen molar-refractivity contribution in [3.05, 3.63) is 60.2 Å². The van der Waals surface area contributed by atoms with E-state index in [9.17, 15) is 4.79 Å². The largest absolute Gasteiger partial charge is 0.497 e.